The fourth-order valence-electron chi connectivity index (χ4n) is 3.46. The van der Waals surface area contributed by atoms with E-state index in [-0.39, 0.29) is 5.91 Å². The lowest BCUT2D eigenvalue weighted by Gasteiger charge is -2.27. The molecular weight excluding hydrogens is 316 g/mol. The summed E-state index contributed by atoms with van der Waals surface area (Å²) in [6.07, 6.45) is 0.874. The molecule has 0 aromatic carbocycles. The molecule has 1 amide bonds. The highest BCUT2D eigenvalue weighted by Gasteiger charge is 2.53. The van der Waals surface area contributed by atoms with Gasteiger partial charge in [-0.25, -0.2) is 9.97 Å². The maximum atomic E-state index is 11.8. The van der Waals surface area contributed by atoms with Crippen molar-refractivity contribution >= 4 is 22.8 Å². The van der Waals surface area contributed by atoms with Gasteiger partial charge >= 0.3 is 0 Å². The van der Waals surface area contributed by atoms with Crippen LogP contribution in [0.1, 0.15) is 25.1 Å². The molecule has 0 radical (unpaired) electrons. The molecule has 128 valence electrons. The van der Waals surface area contributed by atoms with Crippen LogP contribution in [-0.2, 0) is 16.0 Å². The number of rotatable bonds is 2. The third-order valence-corrected chi connectivity index (χ3v) is 4.75. The molecule has 9 nitrogen and oxygen atoms in total. The number of anilines is 1. The Labute approximate surface area is 136 Å². The average Bonchev–Trinajstić information content (AvgIpc) is 2.95. The molecular formula is C15H18N4O5. The first-order chi connectivity index (χ1) is 11.4. The number of carbonyl (C=O) groups is 1. The molecule has 0 bridgehead atoms. The zero-order valence-electron chi connectivity index (χ0n) is 13.0. The second-order valence-electron chi connectivity index (χ2n) is 6.41. The maximum Gasteiger partial charge on any atom is 0.225 e. The number of aliphatic hydroxyl groups is 3. The van der Waals surface area contributed by atoms with Crippen LogP contribution in [0.25, 0.3) is 11.0 Å². The van der Waals surface area contributed by atoms with Crippen LogP contribution in [0.4, 0.5) is 5.82 Å². The van der Waals surface area contributed by atoms with E-state index in [4.69, 9.17) is 4.74 Å². The summed E-state index contributed by atoms with van der Waals surface area (Å²) in [6.45, 7) is 1.05. The molecule has 2 aliphatic heterocycles. The minimum absolute atomic E-state index is 0.113. The Balaban J connectivity index is 1.87. The molecule has 2 aromatic rings. The molecule has 2 aliphatic rings. The van der Waals surface area contributed by atoms with Crippen molar-refractivity contribution in [2.24, 2.45) is 0 Å². The number of aryl methyl sites for hydroxylation is 1. The van der Waals surface area contributed by atoms with Gasteiger partial charge in [0.05, 0.1) is 12.0 Å². The van der Waals surface area contributed by atoms with Gasteiger partial charge < -0.3 is 29.9 Å². The molecule has 4 rings (SSSR count). The van der Waals surface area contributed by atoms with Crippen LogP contribution in [0.15, 0.2) is 12.5 Å². The third kappa shape index (κ3) is 2.06. The van der Waals surface area contributed by atoms with Gasteiger partial charge in [0.2, 0.25) is 5.91 Å². The first kappa shape index (κ1) is 15.5. The van der Waals surface area contributed by atoms with Gasteiger partial charge in [0, 0.05) is 12.6 Å². The summed E-state index contributed by atoms with van der Waals surface area (Å²) in [7, 11) is 0. The molecule has 0 saturated carbocycles. The van der Waals surface area contributed by atoms with E-state index < -0.39 is 30.6 Å². The number of aliphatic hydroxyl groups excluding tert-OH is 2. The van der Waals surface area contributed by atoms with Crippen molar-refractivity contribution in [2.75, 3.05) is 11.9 Å². The SMILES string of the molecule is CC1(O)C(n2cc3c4c(ncnc42)NC(=O)CC3)OC(CO)[C@H]1O. The summed E-state index contributed by atoms with van der Waals surface area (Å²) < 4.78 is 7.30. The van der Waals surface area contributed by atoms with Crippen LogP contribution >= 0.6 is 0 Å². The van der Waals surface area contributed by atoms with Crippen LogP contribution in [0.2, 0.25) is 0 Å². The molecule has 4 atom stereocenters. The Morgan fingerprint density at radius 3 is 2.96 bits per heavy atom. The minimum Gasteiger partial charge on any atom is -0.394 e. The molecule has 2 aromatic heterocycles. The summed E-state index contributed by atoms with van der Waals surface area (Å²) >= 11 is 0. The molecule has 0 aliphatic carbocycles. The largest absolute Gasteiger partial charge is 0.394 e. The Morgan fingerprint density at radius 2 is 2.25 bits per heavy atom. The number of aromatic nitrogens is 3. The van der Waals surface area contributed by atoms with E-state index >= 15 is 0 Å². The van der Waals surface area contributed by atoms with Gasteiger partial charge in [0.1, 0.15) is 35.6 Å². The van der Waals surface area contributed by atoms with Crippen LogP contribution < -0.4 is 5.32 Å². The van der Waals surface area contributed by atoms with Crippen LogP contribution in [0.5, 0.6) is 0 Å². The average molecular weight is 334 g/mol. The molecule has 24 heavy (non-hydrogen) atoms. The van der Waals surface area contributed by atoms with E-state index in [1.54, 1.807) is 10.8 Å². The molecule has 1 fully saturated rings. The third-order valence-electron chi connectivity index (χ3n) is 4.75. The lowest BCUT2D eigenvalue weighted by Crippen LogP contribution is -2.44. The normalized spacial score (nSPS) is 32.8. The van der Waals surface area contributed by atoms with E-state index in [0.29, 0.717) is 29.7 Å². The molecule has 9 heteroatoms. The highest BCUT2D eigenvalue weighted by molar-refractivity contribution is 6.02. The highest BCUT2D eigenvalue weighted by Crippen LogP contribution is 2.41. The zero-order chi connectivity index (χ0) is 17.1. The quantitative estimate of drug-likeness (QED) is 0.572. The van der Waals surface area contributed by atoms with E-state index in [2.05, 4.69) is 15.3 Å². The van der Waals surface area contributed by atoms with Crippen molar-refractivity contribution in [2.45, 2.75) is 43.8 Å². The van der Waals surface area contributed by atoms with Gasteiger partial charge in [-0.1, -0.05) is 0 Å². The fourth-order valence-corrected chi connectivity index (χ4v) is 3.46. The van der Waals surface area contributed by atoms with Gasteiger partial charge in [-0.3, -0.25) is 4.79 Å². The Bertz CT molecular complexity index is 818. The van der Waals surface area contributed by atoms with Crippen molar-refractivity contribution in [3.05, 3.63) is 18.1 Å². The second kappa shape index (κ2) is 5.21. The number of hydrogen-bond donors (Lipinski definition) is 4. The standard InChI is InChI=1S/C15H18N4O5/c1-15(23)11(22)8(5-20)24-14(15)19-4-7-2-3-9(21)18-12-10(7)13(19)17-6-16-12/h4,6,8,11,14,20,22-23H,2-3,5H2,1H3,(H,16,17,18,21)/t8?,11-,14?,15?/m1/s1. The van der Waals surface area contributed by atoms with Crippen LogP contribution in [-0.4, -0.2) is 60.2 Å². The van der Waals surface area contributed by atoms with Crippen molar-refractivity contribution in [3.8, 4) is 0 Å². The highest BCUT2D eigenvalue weighted by atomic mass is 16.6. The summed E-state index contributed by atoms with van der Waals surface area (Å²) in [5.74, 6) is 0.311. The van der Waals surface area contributed by atoms with Crippen LogP contribution in [0.3, 0.4) is 0 Å². The summed E-state index contributed by atoms with van der Waals surface area (Å²) in [5.41, 5.74) is -0.247. The summed E-state index contributed by atoms with van der Waals surface area (Å²) in [5, 5.41) is 33.7. The lowest BCUT2D eigenvalue weighted by molar-refractivity contribution is -0.116. The van der Waals surface area contributed by atoms with Gasteiger partial charge in [0.25, 0.3) is 0 Å². The van der Waals surface area contributed by atoms with Gasteiger partial charge in [-0.15, -0.1) is 0 Å². The molecule has 0 spiro atoms. The van der Waals surface area contributed by atoms with Crippen molar-refractivity contribution < 1.29 is 24.9 Å². The van der Waals surface area contributed by atoms with Crippen molar-refractivity contribution in [3.63, 3.8) is 0 Å². The smallest absolute Gasteiger partial charge is 0.225 e. The van der Waals surface area contributed by atoms with Gasteiger partial charge in [-0.05, 0) is 18.9 Å². The van der Waals surface area contributed by atoms with E-state index in [0.717, 1.165) is 5.56 Å². The second-order valence-corrected chi connectivity index (χ2v) is 6.41. The minimum atomic E-state index is -1.60. The van der Waals surface area contributed by atoms with Crippen molar-refractivity contribution in [1.82, 2.24) is 14.5 Å². The Hall–Kier alpha value is -2.07. The monoisotopic (exact) mass is 334 g/mol. The Kier molecular flexibility index (Phi) is 3.36. The predicted octanol–water partition coefficient (Wildman–Crippen LogP) is -0.682. The number of hydrogen-bond acceptors (Lipinski definition) is 7. The summed E-state index contributed by atoms with van der Waals surface area (Å²) in [4.78, 5) is 20.1. The Morgan fingerprint density at radius 1 is 1.46 bits per heavy atom. The topological polar surface area (TPSA) is 130 Å². The van der Waals surface area contributed by atoms with E-state index in [1.807, 2.05) is 0 Å². The van der Waals surface area contributed by atoms with Gasteiger partial charge in [-0.2, -0.15) is 0 Å². The summed E-state index contributed by atoms with van der Waals surface area (Å²) in [6, 6.07) is 0. The first-order valence-electron chi connectivity index (χ1n) is 7.74. The molecule has 3 unspecified atom stereocenters. The molecule has 4 N–H and O–H groups in total. The first-order valence-corrected chi connectivity index (χ1v) is 7.74. The van der Waals surface area contributed by atoms with Crippen molar-refractivity contribution in [1.29, 1.82) is 0 Å². The maximum absolute atomic E-state index is 11.8. The number of nitrogens with zero attached hydrogens (tertiary/aromatic N) is 3. The number of nitrogens with one attached hydrogen (secondary N) is 1. The lowest BCUT2D eigenvalue weighted by atomic mass is 9.96. The van der Waals surface area contributed by atoms with E-state index in [9.17, 15) is 20.1 Å². The number of carbonyl (C=O) groups excluding carboxylic acids is 1. The molecule has 4 heterocycles. The number of amides is 1. The fraction of sp³-hybridized carbons (Fsp3) is 0.533. The van der Waals surface area contributed by atoms with Gasteiger partial charge in [0.15, 0.2) is 6.23 Å². The number of ether oxygens (including phenoxy) is 1. The predicted molar refractivity (Wildman–Crippen MR) is 82.1 cm³/mol. The zero-order valence-corrected chi connectivity index (χ0v) is 13.0. The van der Waals surface area contributed by atoms with Crippen LogP contribution in [0, 0.1) is 0 Å². The van der Waals surface area contributed by atoms with E-state index in [1.165, 1.54) is 13.3 Å². The molecule has 1 saturated heterocycles.